The van der Waals surface area contributed by atoms with E-state index in [4.69, 9.17) is 0 Å². The smallest absolute Gasteiger partial charge is 0.261 e. The Morgan fingerprint density at radius 1 is 1.29 bits per heavy atom. The molecular weight excluding hydrogens is 360 g/mol. The van der Waals surface area contributed by atoms with Crippen molar-refractivity contribution < 1.29 is 9.59 Å². The van der Waals surface area contributed by atoms with Gasteiger partial charge >= 0.3 is 0 Å². The predicted octanol–water partition coefficient (Wildman–Crippen LogP) is 1.31. The molecule has 0 saturated carbocycles. The fourth-order valence-corrected chi connectivity index (χ4v) is 3.41. The van der Waals surface area contributed by atoms with E-state index in [0.29, 0.717) is 29.8 Å². The van der Waals surface area contributed by atoms with Crippen LogP contribution >= 0.6 is 0 Å². The number of nitrogens with one attached hydrogen (secondary N) is 2. The molecule has 0 aliphatic carbocycles. The fraction of sp³-hybridized carbons (Fsp3) is 0.316. The van der Waals surface area contributed by atoms with E-state index in [2.05, 4.69) is 20.4 Å². The molecule has 0 radical (unpaired) electrons. The Labute approximate surface area is 160 Å². The fourth-order valence-electron chi connectivity index (χ4n) is 3.41. The maximum Gasteiger partial charge on any atom is 0.261 e. The number of likely N-dealkylation sites (tertiary alicyclic amines) is 1. The number of nitrogens with zero attached hydrogens (tertiary/aromatic N) is 4. The lowest BCUT2D eigenvalue weighted by Gasteiger charge is -2.15. The molecule has 2 amide bonds. The minimum atomic E-state index is -0.329. The third-order valence-electron chi connectivity index (χ3n) is 4.83. The molecule has 3 aromatic rings. The van der Waals surface area contributed by atoms with E-state index in [1.54, 1.807) is 33.8 Å². The zero-order chi connectivity index (χ0) is 19.7. The molecule has 1 unspecified atom stereocenters. The molecular formula is C19H20N6O3. The maximum absolute atomic E-state index is 12.5. The van der Waals surface area contributed by atoms with Gasteiger partial charge in [0.05, 0.1) is 24.1 Å². The van der Waals surface area contributed by atoms with Crippen molar-refractivity contribution in [3.05, 3.63) is 47.1 Å². The van der Waals surface area contributed by atoms with Gasteiger partial charge in [-0.15, -0.1) is 0 Å². The summed E-state index contributed by atoms with van der Waals surface area (Å²) in [5.41, 5.74) is 1.57. The largest absolute Gasteiger partial charge is 0.342 e. The number of hydrogen-bond donors (Lipinski definition) is 2. The van der Waals surface area contributed by atoms with Crippen molar-refractivity contribution in [3.8, 4) is 5.69 Å². The van der Waals surface area contributed by atoms with Crippen LogP contribution in [0, 0.1) is 5.92 Å². The molecule has 1 atom stereocenters. The topological polar surface area (TPSA) is 113 Å². The zero-order valence-electron chi connectivity index (χ0n) is 15.4. The van der Waals surface area contributed by atoms with Gasteiger partial charge in [0.25, 0.3) is 5.56 Å². The molecule has 9 nitrogen and oxygen atoms in total. The van der Waals surface area contributed by atoms with Crippen molar-refractivity contribution in [1.82, 2.24) is 24.6 Å². The van der Waals surface area contributed by atoms with Crippen LogP contribution in [0.3, 0.4) is 0 Å². The molecule has 1 aliphatic rings. The van der Waals surface area contributed by atoms with Crippen LogP contribution in [0.15, 0.2) is 41.6 Å². The normalized spacial score (nSPS) is 16.7. The highest BCUT2D eigenvalue weighted by atomic mass is 16.2. The number of carbonyl (C=O) groups is 2. The van der Waals surface area contributed by atoms with Gasteiger partial charge in [-0.25, -0.2) is 9.67 Å². The average Bonchev–Trinajstić information content (AvgIpc) is 3.28. The van der Waals surface area contributed by atoms with E-state index in [1.807, 2.05) is 6.92 Å². The van der Waals surface area contributed by atoms with Gasteiger partial charge in [0.15, 0.2) is 5.65 Å². The molecule has 9 heteroatoms. The molecule has 0 bridgehead atoms. The van der Waals surface area contributed by atoms with E-state index < -0.39 is 0 Å². The Morgan fingerprint density at radius 2 is 2.07 bits per heavy atom. The third kappa shape index (κ3) is 3.26. The molecule has 144 valence electrons. The third-order valence-corrected chi connectivity index (χ3v) is 4.83. The summed E-state index contributed by atoms with van der Waals surface area (Å²) in [7, 11) is 0. The second-order valence-corrected chi connectivity index (χ2v) is 6.80. The van der Waals surface area contributed by atoms with Gasteiger partial charge in [0.1, 0.15) is 5.39 Å². The van der Waals surface area contributed by atoms with Gasteiger partial charge in [0, 0.05) is 25.2 Å². The highest BCUT2D eigenvalue weighted by molar-refractivity contribution is 5.97. The predicted molar refractivity (Wildman–Crippen MR) is 103 cm³/mol. The van der Waals surface area contributed by atoms with Crippen molar-refractivity contribution in [2.45, 2.75) is 19.8 Å². The summed E-state index contributed by atoms with van der Waals surface area (Å²) < 4.78 is 1.56. The Hall–Kier alpha value is -3.49. The molecule has 0 spiro atoms. The Bertz CT molecular complexity index is 1080. The number of H-pyrrole nitrogens is 1. The average molecular weight is 380 g/mol. The highest BCUT2D eigenvalue weighted by Gasteiger charge is 2.33. The monoisotopic (exact) mass is 380 g/mol. The zero-order valence-corrected chi connectivity index (χ0v) is 15.4. The maximum atomic E-state index is 12.5. The van der Waals surface area contributed by atoms with Crippen molar-refractivity contribution in [3.63, 3.8) is 0 Å². The summed E-state index contributed by atoms with van der Waals surface area (Å²) in [5, 5.41) is 7.49. The molecule has 1 saturated heterocycles. The van der Waals surface area contributed by atoms with E-state index >= 15 is 0 Å². The Morgan fingerprint density at radius 3 is 2.82 bits per heavy atom. The quantitative estimate of drug-likeness (QED) is 0.693. The number of hydrogen-bond acceptors (Lipinski definition) is 5. The Kier molecular flexibility index (Phi) is 4.64. The number of benzene rings is 1. The molecule has 3 heterocycles. The van der Waals surface area contributed by atoms with Crippen molar-refractivity contribution in [1.29, 1.82) is 0 Å². The second kappa shape index (κ2) is 7.26. The van der Waals surface area contributed by atoms with Crippen LogP contribution < -0.4 is 10.9 Å². The number of anilines is 1. The summed E-state index contributed by atoms with van der Waals surface area (Å²) >= 11 is 0. The molecule has 2 N–H and O–H groups in total. The van der Waals surface area contributed by atoms with E-state index in [-0.39, 0.29) is 29.7 Å². The van der Waals surface area contributed by atoms with E-state index in [1.165, 1.54) is 12.5 Å². The van der Waals surface area contributed by atoms with Crippen LogP contribution in [0.4, 0.5) is 5.69 Å². The van der Waals surface area contributed by atoms with Crippen molar-refractivity contribution in [2.24, 2.45) is 5.92 Å². The standard InChI is InChI=1S/C19H20N6O3/c1-2-7-24-10-12(8-16(24)26)18(27)23-13-3-5-14(6-4-13)25-17-15(9-22-25)19(28)21-11-20-17/h3-6,9,11-12H,2,7-8,10H2,1H3,(H,23,27)(H,20,21,28). The van der Waals surface area contributed by atoms with Crippen LogP contribution in [0.2, 0.25) is 0 Å². The number of rotatable bonds is 5. The lowest BCUT2D eigenvalue weighted by atomic mass is 10.1. The number of aromatic nitrogens is 4. The lowest BCUT2D eigenvalue weighted by molar-refractivity contribution is -0.128. The highest BCUT2D eigenvalue weighted by Crippen LogP contribution is 2.21. The second-order valence-electron chi connectivity index (χ2n) is 6.80. The molecule has 1 aliphatic heterocycles. The van der Waals surface area contributed by atoms with Crippen LogP contribution in [0.1, 0.15) is 19.8 Å². The van der Waals surface area contributed by atoms with Gasteiger partial charge in [-0.3, -0.25) is 14.4 Å². The molecule has 28 heavy (non-hydrogen) atoms. The van der Waals surface area contributed by atoms with E-state index in [9.17, 15) is 14.4 Å². The Balaban J connectivity index is 1.48. The summed E-state index contributed by atoms with van der Waals surface area (Å²) in [6.07, 6.45) is 3.94. The van der Waals surface area contributed by atoms with Crippen LogP contribution in [0.25, 0.3) is 16.7 Å². The number of fused-ring (bicyclic) bond motifs is 1. The molecule has 2 aromatic heterocycles. The first-order valence-corrected chi connectivity index (χ1v) is 9.17. The van der Waals surface area contributed by atoms with Crippen LogP contribution in [0.5, 0.6) is 0 Å². The first-order valence-electron chi connectivity index (χ1n) is 9.17. The molecule has 1 aromatic carbocycles. The first kappa shape index (κ1) is 17.9. The van der Waals surface area contributed by atoms with Crippen LogP contribution in [-0.4, -0.2) is 49.6 Å². The SMILES string of the molecule is CCCN1CC(C(=O)Nc2ccc(-n3ncc4c(=O)[nH]cnc43)cc2)CC1=O. The minimum Gasteiger partial charge on any atom is -0.342 e. The summed E-state index contributed by atoms with van der Waals surface area (Å²) in [4.78, 5) is 44.6. The number of amides is 2. The molecule has 4 rings (SSSR count). The first-order chi connectivity index (χ1) is 13.6. The number of carbonyl (C=O) groups excluding carboxylic acids is 2. The van der Waals surface area contributed by atoms with Crippen LogP contribution in [-0.2, 0) is 9.59 Å². The summed E-state index contributed by atoms with van der Waals surface area (Å²) in [6.45, 7) is 3.17. The van der Waals surface area contributed by atoms with Gasteiger partial charge < -0.3 is 15.2 Å². The van der Waals surface area contributed by atoms with Gasteiger partial charge in [-0.1, -0.05) is 6.92 Å². The van der Waals surface area contributed by atoms with Gasteiger partial charge in [0.2, 0.25) is 11.8 Å². The van der Waals surface area contributed by atoms with Crippen molar-refractivity contribution in [2.75, 3.05) is 18.4 Å². The van der Waals surface area contributed by atoms with E-state index in [0.717, 1.165) is 12.1 Å². The molecule has 1 fully saturated rings. The van der Waals surface area contributed by atoms with Gasteiger partial charge in [-0.05, 0) is 30.7 Å². The summed E-state index contributed by atoms with van der Waals surface area (Å²) in [5.74, 6) is -0.451. The van der Waals surface area contributed by atoms with Crippen molar-refractivity contribution >= 4 is 28.5 Å². The minimum absolute atomic E-state index is 0.0328. The summed E-state index contributed by atoms with van der Waals surface area (Å²) in [6, 6.07) is 7.09. The van der Waals surface area contributed by atoms with Gasteiger partial charge in [-0.2, -0.15) is 5.10 Å². The number of aromatic amines is 1. The lowest BCUT2D eigenvalue weighted by Crippen LogP contribution is -2.28.